The quantitative estimate of drug-likeness (QED) is 0.871. The molecule has 1 aliphatic rings. The van der Waals surface area contributed by atoms with E-state index in [0.29, 0.717) is 23.5 Å². The second-order valence-corrected chi connectivity index (χ2v) is 6.91. The van der Waals surface area contributed by atoms with Crippen molar-refractivity contribution >= 4 is 5.91 Å². The summed E-state index contributed by atoms with van der Waals surface area (Å²) in [6.45, 7) is 5.15. The Labute approximate surface area is 144 Å². The summed E-state index contributed by atoms with van der Waals surface area (Å²) in [7, 11) is 0. The molecule has 0 spiro atoms. The molecule has 1 aliphatic carbocycles. The van der Waals surface area contributed by atoms with Crippen LogP contribution >= 0.6 is 0 Å². The fraction of sp³-hybridized carbons (Fsp3) is 0.421. The van der Waals surface area contributed by atoms with E-state index in [2.05, 4.69) is 5.32 Å². The van der Waals surface area contributed by atoms with Crippen LogP contribution in [0.3, 0.4) is 0 Å². The lowest BCUT2D eigenvalue weighted by atomic mass is 9.96. The Kier molecular flexibility index (Phi) is 4.41. The SMILES string of the molecule is Cc1cc(C(C)(O)CNC(=O)C2CC2c2cccc(F)c2F)c(C)o1. The normalized spacial score (nSPS) is 21.7. The molecule has 3 atom stereocenters. The van der Waals surface area contributed by atoms with E-state index >= 15 is 0 Å². The van der Waals surface area contributed by atoms with Crippen molar-refractivity contribution in [2.45, 2.75) is 38.7 Å². The van der Waals surface area contributed by atoms with Crippen molar-refractivity contribution in [2.75, 3.05) is 6.54 Å². The van der Waals surface area contributed by atoms with Crippen LogP contribution in [-0.2, 0) is 10.4 Å². The summed E-state index contributed by atoms with van der Waals surface area (Å²) in [6, 6.07) is 5.74. The van der Waals surface area contributed by atoms with Crippen LogP contribution in [0.15, 0.2) is 28.7 Å². The first-order valence-electron chi connectivity index (χ1n) is 8.22. The van der Waals surface area contributed by atoms with Gasteiger partial charge in [-0.05, 0) is 50.8 Å². The van der Waals surface area contributed by atoms with Crippen LogP contribution in [0, 0.1) is 31.4 Å². The summed E-state index contributed by atoms with van der Waals surface area (Å²) < 4.78 is 32.5. The summed E-state index contributed by atoms with van der Waals surface area (Å²) in [5, 5.41) is 13.3. The van der Waals surface area contributed by atoms with Crippen LogP contribution in [0.4, 0.5) is 8.78 Å². The molecular formula is C19H21F2NO3. The third-order valence-electron chi connectivity index (χ3n) is 4.74. The molecule has 0 bridgehead atoms. The van der Waals surface area contributed by atoms with E-state index in [-0.39, 0.29) is 23.9 Å². The molecule has 1 heterocycles. The first-order valence-corrected chi connectivity index (χ1v) is 8.22. The highest BCUT2D eigenvalue weighted by atomic mass is 19.2. The number of furan rings is 1. The molecule has 0 saturated heterocycles. The molecule has 4 nitrogen and oxygen atoms in total. The number of carbonyl (C=O) groups excluding carboxylic acids is 1. The molecular weight excluding hydrogens is 328 g/mol. The average molecular weight is 349 g/mol. The number of halogens is 2. The van der Waals surface area contributed by atoms with E-state index < -0.39 is 23.2 Å². The molecule has 3 rings (SSSR count). The second kappa shape index (κ2) is 6.26. The van der Waals surface area contributed by atoms with E-state index in [9.17, 15) is 18.7 Å². The summed E-state index contributed by atoms with van der Waals surface area (Å²) in [6.07, 6.45) is 0.470. The standard InChI is InChI=1S/C19H21F2NO3/c1-10-7-15(11(2)25-10)19(3,24)9-22-18(23)14-8-13(14)12-5-4-6-16(20)17(12)21/h4-7,13-14,24H,8-9H2,1-3H3,(H,22,23). The molecule has 25 heavy (non-hydrogen) atoms. The van der Waals surface area contributed by atoms with Gasteiger partial charge in [0.05, 0.1) is 6.54 Å². The fourth-order valence-corrected chi connectivity index (χ4v) is 3.29. The molecule has 0 radical (unpaired) electrons. The predicted octanol–water partition coefficient (Wildman–Crippen LogP) is 3.30. The van der Waals surface area contributed by atoms with Crippen molar-refractivity contribution in [3.05, 3.63) is 58.5 Å². The zero-order valence-electron chi connectivity index (χ0n) is 14.4. The molecule has 1 amide bonds. The van der Waals surface area contributed by atoms with Crippen LogP contribution in [0.1, 0.15) is 41.9 Å². The van der Waals surface area contributed by atoms with Gasteiger partial charge in [-0.25, -0.2) is 8.78 Å². The van der Waals surface area contributed by atoms with Crippen LogP contribution in [0.25, 0.3) is 0 Å². The van der Waals surface area contributed by atoms with Gasteiger partial charge in [-0.1, -0.05) is 12.1 Å². The van der Waals surface area contributed by atoms with Gasteiger partial charge >= 0.3 is 0 Å². The molecule has 1 saturated carbocycles. The topological polar surface area (TPSA) is 62.5 Å². The van der Waals surface area contributed by atoms with Crippen LogP contribution < -0.4 is 5.32 Å². The fourth-order valence-electron chi connectivity index (χ4n) is 3.29. The van der Waals surface area contributed by atoms with Gasteiger partial charge in [-0.2, -0.15) is 0 Å². The number of carbonyl (C=O) groups is 1. The minimum atomic E-state index is -1.27. The maximum atomic E-state index is 13.8. The molecule has 2 N–H and O–H groups in total. The summed E-state index contributed by atoms with van der Waals surface area (Å²) in [4.78, 5) is 12.3. The van der Waals surface area contributed by atoms with E-state index in [1.54, 1.807) is 26.8 Å². The Morgan fingerprint density at radius 1 is 1.40 bits per heavy atom. The molecule has 0 aliphatic heterocycles. The van der Waals surface area contributed by atoms with Crippen LogP contribution in [0.2, 0.25) is 0 Å². The maximum absolute atomic E-state index is 13.8. The van der Waals surface area contributed by atoms with Gasteiger partial charge in [0.1, 0.15) is 17.1 Å². The minimum absolute atomic E-state index is 0.0144. The van der Waals surface area contributed by atoms with E-state index in [0.717, 1.165) is 6.07 Å². The van der Waals surface area contributed by atoms with Crippen molar-refractivity contribution in [2.24, 2.45) is 5.92 Å². The highest BCUT2D eigenvalue weighted by Crippen LogP contribution is 2.48. The number of aryl methyl sites for hydroxylation is 2. The number of benzene rings is 1. The first-order chi connectivity index (χ1) is 11.7. The zero-order valence-corrected chi connectivity index (χ0v) is 14.4. The second-order valence-electron chi connectivity index (χ2n) is 6.91. The number of hydrogen-bond acceptors (Lipinski definition) is 3. The first kappa shape index (κ1) is 17.6. The van der Waals surface area contributed by atoms with Crippen molar-refractivity contribution in [3.63, 3.8) is 0 Å². The highest BCUT2D eigenvalue weighted by Gasteiger charge is 2.46. The Balaban J connectivity index is 1.62. The smallest absolute Gasteiger partial charge is 0.223 e. The van der Waals surface area contributed by atoms with Crippen molar-refractivity contribution in [3.8, 4) is 0 Å². The molecule has 134 valence electrons. The average Bonchev–Trinajstić information content (AvgIpc) is 3.25. The number of amides is 1. The lowest BCUT2D eigenvalue weighted by Gasteiger charge is -2.23. The van der Waals surface area contributed by atoms with E-state index in [1.165, 1.54) is 12.1 Å². The van der Waals surface area contributed by atoms with E-state index in [1.807, 2.05) is 0 Å². The summed E-state index contributed by atoms with van der Waals surface area (Å²) in [5.41, 5.74) is -0.423. The van der Waals surface area contributed by atoms with E-state index in [4.69, 9.17) is 4.42 Å². The van der Waals surface area contributed by atoms with Gasteiger partial charge in [0.2, 0.25) is 5.91 Å². The molecule has 1 aromatic heterocycles. The van der Waals surface area contributed by atoms with Gasteiger partial charge in [0, 0.05) is 11.5 Å². The van der Waals surface area contributed by atoms with Crippen molar-refractivity contribution in [1.29, 1.82) is 0 Å². The molecule has 1 aromatic carbocycles. The molecule has 3 unspecified atom stereocenters. The van der Waals surface area contributed by atoms with Gasteiger partial charge in [0.25, 0.3) is 0 Å². The van der Waals surface area contributed by atoms with Gasteiger partial charge in [0.15, 0.2) is 11.6 Å². The Hall–Kier alpha value is -2.21. The number of aliphatic hydroxyl groups is 1. The number of rotatable bonds is 5. The molecule has 1 fully saturated rings. The Bertz CT molecular complexity index is 813. The Morgan fingerprint density at radius 3 is 2.76 bits per heavy atom. The third kappa shape index (κ3) is 3.44. The van der Waals surface area contributed by atoms with Gasteiger partial charge in [-0.15, -0.1) is 0 Å². The summed E-state index contributed by atoms with van der Waals surface area (Å²) in [5.74, 6) is -1.51. The third-order valence-corrected chi connectivity index (χ3v) is 4.74. The van der Waals surface area contributed by atoms with Crippen molar-refractivity contribution in [1.82, 2.24) is 5.32 Å². The Morgan fingerprint density at radius 2 is 2.12 bits per heavy atom. The number of nitrogens with one attached hydrogen (secondary N) is 1. The monoisotopic (exact) mass is 349 g/mol. The largest absolute Gasteiger partial charge is 0.466 e. The van der Waals surface area contributed by atoms with Crippen LogP contribution in [0.5, 0.6) is 0 Å². The van der Waals surface area contributed by atoms with Crippen molar-refractivity contribution < 1.29 is 23.1 Å². The van der Waals surface area contributed by atoms with Crippen LogP contribution in [-0.4, -0.2) is 17.6 Å². The van der Waals surface area contributed by atoms with Gasteiger partial charge < -0.3 is 14.8 Å². The highest BCUT2D eigenvalue weighted by molar-refractivity contribution is 5.83. The number of hydrogen-bond donors (Lipinski definition) is 2. The van der Waals surface area contributed by atoms with Gasteiger partial charge in [-0.3, -0.25) is 4.79 Å². The molecule has 2 aromatic rings. The minimum Gasteiger partial charge on any atom is -0.466 e. The predicted molar refractivity (Wildman–Crippen MR) is 88.0 cm³/mol. The maximum Gasteiger partial charge on any atom is 0.223 e. The summed E-state index contributed by atoms with van der Waals surface area (Å²) >= 11 is 0. The lowest BCUT2D eigenvalue weighted by Crippen LogP contribution is -2.39. The lowest BCUT2D eigenvalue weighted by molar-refractivity contribution is -0.123. The zero-order chi connectivity index (χ0) is 18.4. The molecule has 6 heteroatoms.